The zero-order valence-electron chi connectivity index (χ0n) is 13.6. The Hall–Kier alpha value is -1.54. The molecule has 2 saturated heterocycles. The van der Waals surface area contributed by atoms with E-state index in [-0.39, 0.29) is 35.1 Å². The monoisotopic (exact) mass is 368 g/mol. The van der Waals surface area contributed by atoms with Crippen LogP contribution in [0, 0.1) is 0 Å². The molecule has 1 aromatic carbocycles. The summed E-state index contributed by atoms with van der Waals surface area (Å²) in [6, 6.07) is 7.26. The number of benzene rings is 1. The summed E-state index contributed by atoms with van der Waals surface area (Å²) in [4.78, 5) is 18.4. The van der Waals surface area contributed by atoms with Crippen LogP contribution in [0.2, 0.25) is 0 Å². The molecule has 130 valence electrons. The van der Waals surface area contributed by atoms with Crippen molar-refractivity contribution in [3.63, 3.8) is 0 Å². The van der Waals surface area contributed by atoms with Crippen molar-refractivity contribution in [1.82, 2.24) is 4.90 Å². The molecule has 0 radical (unpaired) electrons. The lowest BCUT2D eigenvalue weighted by atomic mass is 10.1. The Balaban J connectivity index is 1.70. The number of sulfone groups is 1. The van der Waals surface area contributed by atoms with Gasteiger partial charge in [0, 0.05) is 11.8 Å². The Kier molecular flexibility index (Phi) is 4.87. The molecule has 3 rings (SSSR count). The number of carbonyl (C=O) groups excluding carboxylic acids is 1. The quantitative estimate of drug-likeness (QED) is 0.799. The van der Waals surface area contributed by atoms with Gasteiger partial charge in [0.1, 0.15) is 5.75 Å². The van der Waals surface area contributed by atoms with Gasteiger partial charge in [-0.1, -0.05) is 23.9 Å². The fourth-order valence-corrected chi connectivity index (χ4v) is 7.10. The third kappa shape index (κ3) is 3.59. The van der Waals surface area contributed by atoms with E-state index in [1.54, 1.807) is 7.11 Å². The minimum Gasteiger partial charge on any atom is -0.497 e. The van der Waals surface area contributed by atoms with Crippen molar-refractivity contribution >= 4 is 32.7 Å². The van der Waals surface area contributed by atoms with Crippen molar-refractivity contribution in [3.8, 4) is 5.75 Å². The highest BCUT2D eigenvalue weighted by atomic mass is 32.2. The Morgan fingerprint density at radius 2 is 2.04 bits per heavy atom. The second-order valence-corrected chi connectivity index (χ2v) is 9.26. The van der Waals surface area contributed by atoms with E-state index in [2.05, 4.69) is 4.99 Å². The number of rotatable bonds is 4. The first-order valence-electron chi connectivity index (χ1n) is 7.80. The Morgan fingerprint density at radius 3 is 2.67 bits per heavy atom. The fourth-order valence-electron chi connectivity index (χ4n) is 3.07. The van der Waals surface area contributed by atoms with Crippen LogP contribution in [-0.2, 0) is 21.1 Å². The first-order valence-corrected chi connectivity index (χ1v) is 10.5. The van der Waals surface area contributed by atoms with E-state index in [1.165, 1.54) is 11.8 Å². The average molecular weight is 368 g/mol. The SMILES string of the molecule is CCN1C(=NC(=O)Cc2ccc(OC)cc2)SC2CS(=O)(=O)CC21. The van der Waals surface area contributed by atoms with Gasteiger partial charge in [-0.25, -0.2) is 8.42 Å². The number of fused-ring (bicyclic) bond motifs is 1. The smallest absolute Gasteiger partial charge is 0.252 e. The van der Waals surface area contributed by atoms with Gasteiger partial charge in [-0.05, 0) is 24.6 Å². The number of methoxy groups -OCH3 is 1. The topological polar surface area (TPSA) is 76.0 Å². The fraction of sp³-hybridized carbons (Fsp3) is 0.500. The number of amides is 1. The van der Waals surface area contributed by atoms with Gasteiger partial charge in [-0.2, -0.15) is 4.99 Å². The summed E-state index contributed by atoms with van der Waals surface area (Å²) in [7, 11) is -1.37. The van der Waals surface area contributed by atoms with Gasteiger partial charge in [0.2, 0.25) is 0 Å². The zero-order valence-corrected chi connectivity index (χ0v) is 15.3. The van der Waals surface area contributed by atoms with E-state index in [9.17, 15) is 13.2 Å². The molecule has 2 fully saturated rings. The molecule has 2 unspecified atom stereocenters. The van der Waals surface area contributed by atoms with Crippen molar-refractivity contribution in [2.45, 2.75) is 24.6 Å². The second-order valence-electron chi connectivity index (χ2n) is 5.90. The first-order chi connectivity index (χ1) is 11.4. The summed E-state index contributed by atoms with van der Waals surface area (Å²) in [6.45, 7) is 2.61. The molecule has 1 amide bonds. The Morgan fingerprint density at radius 1 is 1.33 bits per heavy atom. The Labute approximate surface area is 146 Å². The number of hydrogen-bond donors (Lipinski definition) is 0. The van der Waals surface area contributed by atoms with Crippen molar-refractivity contribution < 1.29 is 17.9 Å². The number of ether oxygens (including phenoxy) is 1. The lowest BCUT2D eigenvalue weighted by Gasteiger charge is -2.22. The third-order valence-electron chi connectivity index (χ3n) is 4.25. The molecular formula is C16H20N2O4S2. The van der Waals surface area contributed by atoms with Gasteiger partial charge in [0.05, 0.1) is 31.1 Å². The number of aliphatic imine (C=N–C) groups is 1. The number of nitrogens with zero attached hydrogens (tertiary/aromatic N) is 2. The molecule has 0 spiro atoms. The molecule has 6 nitrogen and oxygen atoms in total. The van der Waals surface area contributed by atoms with Crippen LogP contribution in [0.25, 0.3) is 0 Å². The summed E-state index contributed by atoms with van der Waals surface area (Å²) in [5.74, 6) is 0.855. The maximum Gasteiger partial charge on any atom is 0.252 e. The minimum absolute atomic E-state index is 0.0116. The number of hydrogen-bond acceptors (Lipinski definition) is 5. The van der Waals surface area contributed by atoms with Gasteiger partial charge in [0.25, 0.3) is 5.91 Å². The summed E-state index contributed by atoms with van der Waals surface area (Å²) in [5, 5.41) is 0.642. The van der Waals surface area contributed by atoms with Gasteiger partial charge < -0.3 is 9.64 Å². The zero-order chi connectivity index (χ0) is 17.3. The number of thioether (sulfide) groups is 1. The molecule has 24 heavy (non-hydrogen) atoms. The van der Waals surface area contributed by atoms with Gasteiger partial charge in [0.15, 0.2) is 15.0 Å². The predicted octanol–water partition coefficient (Wildman–Crippen LogP) is 1.35. The van der Waals surface area contributed by atoms with Gasteiger partial charge in [-0.3, -0.25) is 4.79 Å². The van der Waals surface area contributed by atoms with Crippen LogP contribution in [-0.4, -0.2) is 60.8 Å². The Bertz CT molecular complexity index is 759. The molecule has 8 heteroatoms. The van der Waals surface area contributed by atoms with Crippen molar-refractivity contribution in [3.05, 3.63) is 29.8 Å². The van der Waals surface area contributed by atoms with Gasteiger partial charge >= 0.3 is 0 Å². The second kappa shape index (κ2) is 6.76. The van der Waals surface area contributed by atoms with Gasteiger partial charge in [-0.15, -0.1) is 0 Å². The van der Waals surface area contributed by atoms with E-state index >= 15 is 0 Å². The predicted molar refractivity (Wildman–Crippen MR) is 95.3 cm³/mol. The highest BCUT2D eigenvalue weighted by Crippen LogP contribution is 2.37. The van der Waals surface area contributed by atoms with E-state index in [4.69, 9.17) is 4.74 Å². The van der Waals surface area contributed by atoms with Crippen molar-refractivity contribution in [2.24, 2.45) is 4.99 Å². The maximum absolute atomic E-state index is 12.3. The minimum atomic E-state index is -2.97. The summed E-state index contributed by atoms with van der Waals surface area (Å²) in [5.41, 5.74) is 0.874. The van der Waals surface area contributed by atoms with E-state index in [1.807, 2.05) is 36.1 Å². The molecule has 0 saturated carbocycles. The average Bonchev–Trinajstić information content (AvgIpc) is 2.98. The summed E-state index contributed by atoms with van der Waals surface area (Å²) >= 11 is 1.42. The molecule has 2 aliphatic heterocycles. The molecular weight excluding hydrogens is 348 g/mol. The van der Waals surface area contributed by atoms with Crippen LogP contribution >= 0.6 is 11.8 Å². The molecule has 0 aromatic heterocycles. The van der Waals surface area contributed by atoms with Crippen LogP contribution in [0.5, 0.6) is 5.75 Å². The molecule has 0 bridgehead atoms. The number of amidine groups is 1. The molecule has 0 aliphatic carbocycles. The molecule has 0 N–H and O–H groups in total. The van der Waals surface area contributed by atoms with Crippen LogP contribution in [0.3, 0.4) is 0 Å². The van der Waals surface area contributed by atoms with E-state index in [0.717, 1.165) is 11.3 Å². The van der Waals surface area contributed by atoms with E-state index < -0.39 is 9.84 Å². The third-order valence-corrected chi connectivity index (χ3v) is 7.50. The van der Waals surface area contributed by atoms with E-state index in [0.29, 0.717) is 11.7 Å². The van der Waals surface area contributed by atoms with Crippen LogP contribution in [0.15, 0.2) is 29.3 Å². The molecule has 2 atom stereocenters. The lowest BCUT2D eigenvalue weighted by molar-refractivity contribution is -0.117. The highest BCUT2D eigenvalue weighted by molar-refractivity contribution is 8.15. The molecule has 1 aromatic rings. The molecule has 2 heterocycles. The van der Waals surface area contributed by atoms with Crippen LogP contribution in [0.1, 0.15) is 12.5 Å². The first kappa shape index (κ1) is 17.3. The van der Waals surface area contributed by atoms with Crippen molar-refractivity contribution in [2.75, 3.05) is 25.2 Å². The van der Waals surface area contributed by atoms with Crippen molar-refractivity contribution in [1.29, 1.82) is 0 Å². The number of carbonyl (C=O) groups is 1. The summed E-state index contributed by atoms with van der Waals surface area (Å²) < 4.78 is 28.6. The highest BCUT2D eigenvalue weighted by Gasteiger charge is 2.48. The molecule has 2 aliphatic rings. The van der Waals surface area contributed by atoms with Crippen LogP contribution < -0.4 is 4.74 Å². The normalized spacial score (nSPS) is 26.6. The standard InChI is InChI=1S/C16H20N2O4S2/c1-3-18-13-9-24(20,21)10-14(13)23-16(18)17-15(19)8-11-4-6-12(22-2)7-5-11/h4-7,13-14H,3,8-10H2,1-2H3. The largest absolute Gasteiger partial charge is 0.497 e. The maximum atomic E-state index is 12.3. The lowest BCUT2D eigenvalue weighted by Crippen LogP contribution is -2.37. The van der Waals surface area contributed by atoms with Crippen LogP contribution in [0.4, 0.5) is 0 Å². The summed E-state index contributed by atoms with van der Waals surface area (Å²) in [6.07, 6.45) is 0.221.